The van der Waals surface area contributed by atoms with Crippen LogP contribution in [0.3, 0.4) is 0 Å². The van der Waals surface area contributed by atoms with Crippen molar-refractivity contribution in [1.29, 1.82) is 0 Å². The summed E-state index contributed by atoms with van der Waals surface area (Å²) < 4.78 is 1.89. The number of ketones is 1. The number of nitrogens with zero attached hydrogens (tertiary/aromatic N) is 7. The van der Waals surface area contributed by atoms with Crippen molar-refractivity contribution in [3.8, 4) is 22.5 Å². The zero-order valence-corrected chi connectivity index (χ0v) is 19.3. The lowest BCUT2D eigenvalue weighted by molar-refractivity contribution is 0.0878. The maximum atomic E-state index is 13.0. The van der Waals surface area contributed by atoms with E-state index < -0.39 is 0 Å². The Labute approximate surface area is 198 Å². The molecule has 3 aromatic heterocycles. The summed E-state index contributed by atoms with van der Waals surface area (Å²) in [6.07, 6.45) is 10.7. The van der Waals surface area contributed by atoms with Crippen LogP contribution in [0.25, 0.3) is 22.5 Å². The second-order valence-electron chi connectivity index (χ2n) is 8.81. The van der Waals surface area contributed by atoms with Gasteiger partial charge in [-0.2, -0.15) is 5.21 Å². The molecule has 0 bridgehead atoms. The number of rotatable bonds is 8. The van der Waals surface area contributed by atoms with Crippen LogP contribution in [-0.4, -0.2) is 46.2 Å². The SMILES string of the molecule is CCCc1nc(C(=O)C2CCCCC2)nn1Cc1ccc(-c2cnccc2-c2nn[nH]n2)cc1. The lowest BCUT2D eigenvalue weighted by Gasteiger charge is -2.18. The quantitative estimate of drug-likeness (QED) is 0.393. The maximum absolute atomic E-state index is 13.0. The zero-order chi connectivity index (χ0) is 23.3. The summed E-state index contributed by atoms with van der Waals surface area (Å²) in [7, 11) is 0. The summed E-state index contributed by atoms with van der Waals surface area (Å²) in [6, 6.07) is 10.1. The summed E-state index contributed by atoms with van der Waals surface area (Å²) in [6.45, 7) is 2.69. The first-order valence-corrected chi connectivity index (χ1v) is 12.0. The highest BCUT2D eigenvalue weighted by Gasteiger charge is 2.26. The van der Waals surface area contributed by atoms with Crippen LogP contribution >= 0.6 is 0 Å². The number of benzene rings is 1. The van der Waals surface area contributed by atoms with E-state index in [-0.39, 0.29) is 11.7 Å². The molecular weight excluding hydrogens is 428 g/mol. The van der Waals surface area contributed by atoms with Crippen molar-refractivity contribution in [2.24, 2.45) is 5.92 Å². The molecule has 1 saturated carbocycles. The Morgan fingerprint density at radius 3 is 2.65 bits per heavy atom. The summed E-state index contributed by atoms with van der Waals surface area (Å²) in [4.78, 5) is 21.9. The Morgan fingerprint density at radius 1 is 1.09 bits per heavy atom. The van der Waals surface area contributed by atoms with Gasteiger partial charge in [0.15, 0.2) is 0 Å². The number of H-pyrrole nitrogens is 1. The summed E-state index contributed by atoms with van der Waals surface area (Å²) in [5.74, 6) is 1.97. The highest BCUT2D eigenvalue weighted by molar-refractivity contribution is 5.94. The Bertz CT molecular complexity index is 1240. The third-order valence-electron chi connectivity index (χ3n) is 6.42. The smallest absolute Gasteiger partial charge is 0.217 e. The molecule has 0 aliphatic heterocycles. The predicted molar refractivity (Wildman–Crippen MR) is 127 cm³/mol. The number of carbonyl (C=O) groups is 1. The summed E-state index contributed by atoms with van der Waals surface area (Å²) in [5.41, 5.74) is 3.90. The molecule has 3 heterocycles. The fourth-order valence-electron chi connectivity index (χ4n) is 4.62. The van der Waals surface area contributed by atoms with Crippen LogP contribution in [0.5, 0.6) is 0 Å². The molecule has 1 aliphatic rings. The van der Waals surface area contributed by atoms with Crippen molar-refractivity contribution in [2.45, 2.75) is 58.4 Å². The van der Waals surface area contributed by atoms with Gasteiger partial charge in [0.05, 0.1) is 6.54 Å². The van der Waals surface area contributed by atoms with Gasteiger partial charge in [-0.25, -0.2) is 9.67 Å². The second-order valence-corrected chi connectivity index (χ2v) is 8.81. The molecule has 0 radical (unpaired) electrons. The fraction of sp³-hybridized carbons (Fsp3) is 0.400. The number of aryl methyl sites for hydroxylation is 1. The van der Waals surface area contributed by atoms with Crippen LogP contribution < -0.4 is 0 Å². The Kier molecular flexibility index (Phi) is 6.51. The molecule has 0 saturated heterocycles. The molecule has 0 spiro atoms. The van der Waals surface area contributed by atoms with Gasteiger partial charge in [0.1, 0.15) is 5.82 Å². The lowest BCUT2D eigenvalue weighted by atomic mass is 9.86. The Balaban J connectivity index is 1.37. The number of aromatic nitrogens is 8. The predicted octanol–water partition coefficient (Wildman–Crippen LogP) is 4.28. The molecule has 1 aliphatic carbocycles. The van der Waals surface area contributed by atoms with Crippen LogP contribution in [0.4, 0.5) is 0 Å². The number of hydrogen-bond donors (Lipinski definition) is 1. The molecular formula is C25H28N8O. The number of pyridine rings is 1. The van der Waals surface area contributed by atoms with Gasteiger partial charge < -0.3 is 0 Å². The highest BCUT2D eigenvalue weighted by Crippen LogP contribution is 2.29. The molecule has 9 nitrogen and oxygen atoms in total. The molecule has 1 fully saturated rings. The van der Waals surface area contributed by atoms with Gasteiger partial charge in [-0.3, -0.25) is 9.78 Å². The molecule has 174 valence electrons. The molecule has 4 aromatic rings. The average molecular weight is 457 g/mol. The van der Waals surface area contributed by atoms with E-state index in [9.17, 15) is 4.79 Å². The van der Waals surface area contributed by atoms with E-state index in [4.69, 9.17) is 0 Å². The molecule has 1 N–H and O–H groups in total. The van der Waals surface area contributed by atoms with Crippen LogP contribution in [0.2, 0.25) is 0 Å². The number of tetrazole rings is 1. The molecule has 0 atom stereocenters. The average Bonchev–Trinajstić information content (AvgIpc) is 3.56. The van der Waals surface area contributed by atoms with Gasteiger partial charge in [-0.05, 0) is 41.7 Å². The van der Waals surface area contributed by atoms with E-state index in [0.29, 0.717) is 18.2 Å². The van der Waals surface area contributed by atoms with Gasteiger partial charge in [-0.15, -0.1) is 15.3 Å². The van der Waals surface area contributed by atoms with Gasteiger partial charge in [0.2, 0.25) is 17.4 Å². The van der Waals surface area contributed by atoms with E-state index in [1.807, 2.05) is 10.7 Å². The van der Waals surface area contributed by atoms with Crippen molar-refractivity contribution < 1.29 is 4.79 Å². The van der Waals surface area contributed by atoms with Crippen LogP contribution in [0, 0.1) is 5.92 Å². The first-order valence-electron chi connectivity index (χ1n) is 12.0. The third kappa shape index (κ3) is 4.64. The minimum absolute atomic E-state index is 0.0752. The highest BCUT2D eigenvalue weighted by atomic mass is 16.1. The maximum Gasteiger partial charge on any atom is 0.217 e. The number of nitrogens with one attached hydrogen (secondary N) is 1. The topological polar surface area (TPSA) is 115 Å². The van der Waals surface area contributed by atoms with Crippen LogP contribution in [0.1, 0.15) is 67.5 Å². The number of Topliss-reactive ketones (excluding diaryl/α,β-unsaturated/α-hetero) is 1. The van der Waals surface area contributed by atoms with E-state index >= 15 is 0 Å². The van der Waals surface area contributed by atoms with E-state index in [1.165, 1.54) is 6.42 Å². The third-order valence-corrected chi connectivity index (χ3v) is 6.42. The van der Waals surface area contributed by atoms with Crippen molar-refractivity contribution >= 4 is 5.78 Å². The van der Waals surface area contributed by atoms with E-state index in [0.717, 1.165) is 66.6 Å². The van der Waals surface area contributed by atoms with Crippen molar-refractivity contribution in [3.05, 3.63) is 59.9 Å². The van der Waals surface area contributed by atoms with Crippen molar-refractivity contribution in [2.75, 3.05) is 0 Å². The molecule has 0 unspecified atom stereocenters. The Morgan fingerprint density at radius 2 is 1.91 bits per heavy atom. The largest absolute Gasteiger partial charge is 0.290 e. The van der Waals surface area contributed by atoms with E-state index in [1.54, 1.807) is 12.4 Å². The van der Waals surface area contributed by atoms with Crippen LogP contribution in [0.15, 0.2) is 42.7 Å². The zero-order valence-electron chi connectivity index (χ0n) is 19.3. The lowest BCUT2D eigenvalue weighted by Crippen LogP contribution is -2.19. The first kappa shape index (κ1) is 22.1. The van der Waals surface area contributed by atoms with Crippen LogP contribution in [-0.2, 0) is 13.0 Å². The molecule has 1 aromatic carbocycles. The van der Waals surface area contributed by atoms with Crippen molar-refractivity contribution in [1.82, 2.24) is 40.4 Å². The standard InChI is InChI=1S/C25H28N8O/c1-2-6-22-27-25(23(34)19-7-4-3-5-8-19)30-33(22)16-17-9-11-18(12-10-17)21-15-26-14-13-20(21)24-28-31-32-29-24/h9-15,19H,2-8,16H2,1H3,(H,28,29,31,32). The molecule has 9 heteroatoms. The normalized spacial score (nSPS) is 14.4. The minimum atomic E-state index is 0.0752. The molecule has 34 heavy (non-hydrogen) atoms. The monoisotopic (exact) mass is 456 g/mol. The van der Waals surface area contributed by atoms with Crippen molar-refractivity contribution in [3.63, 3.8) is 0 Å². The Hall–Kier alpha value is -3.75. The second kappa shape index (κ2) is 10.0. The number of aromatic amines is 1. The molecule has 0 amide bonds. The van der Waals surface area contributed by atoms with Gasteiger partial charge >= 0.3 is 0 Å². The fourth-order valence-corrected chi connectivity index (χ4v) is 4.62. The van der Waals surface area contributed by atoms with E-state index in [2.05, 4.69) is 66.9 Å². The van der Waals surface area contributed by atoms with Gasteiger partial charge in [-0.1, -0.05) is 50.5 Å². The van der Waals surface area contributed by atoms with Gasteiger partial charge in [0.25, 0.3) is 0 Å². The number of carbonyl (C=O) groups excluding carboxylic acids is 1. The summed E-state index contributed by atoms with van der Waals surface area (Å²) in [5, 5.41) is 19.0. The molecule has 5 rings (SSSR count). The number of hydrogen-bond acceptors (Lipinski definition) is 7. The first-order chi connectivity index (χ1) is 16.7. The minimum Gasteiger partial charge on any atom is -0.290 e. The van der Waals surface area contributed by atoms with Gasteiger partial charge in [0, 0.05) is 35.9 Å². The summed E-state index contributed by atoms with van der Waals surface area (Å²) >= 11 is 0.